The van der Waals surface area contributed by atoms with Crippen molar-refractivity contribution in [1.82, 2.24) is 0 Å². The lowest BCUT2D eigenvalue weighted by molar-refractivity contribution is -0.117. The lowest BCUT2D eigenvalue weighted by Crippen LogP contribution is -2.31. The second-order valence-electron chi connectivity index (χ2n) is 7.65. The summed E-state index contributed by atoms with van der Waals surface area (Å²) in [7, 11) is 3.07. The van der Waals surface area contributed by atoms with E-state index < -0.39 is 11.6 Å². The van der Waals surface area contributed by atoms with Gasteiger partial charge in [-0.15, -0.1) is 0 Å². The van der Waals surface area contributed by atoms with Crippen LogP contribution in [0.15, 0.2) is 30.3 Å². The van der Waals surface area contributed by atoms with Crippen molar-refractivity contribution in [2.24, 2.45) is 0 Å². The average Bonchev–Trinajstić information content (AvgIpc) is 3.43. The maximum absolute atomic E-state index is 14.0. The first kappa shape index (κ1) is 19.5. The number of nitrogens with one attached hydrogen (secondary N) is 1. The first-order chi connectivity index (χ1) is 13.9. The molecule has 0 aromatic heterocycles. The highest BCUT2D eigenvalue weighted by molar-refractivity contribution is 5.95. The highest BCUT2D eigenvalue weighted by Gasteiger charge is 2.45. The van der Waals surface area contributed by atoms with Gasteiger partial charge in [0.25, 0.3) is 0 Å². The average molecular weight is 402 g/mol. The van der Waals surface area contributed by atoms with Crippen LogP contribution in [0.5, 0.6) is 11.5 Å². The number of amides is 1. The molecule has 0 radical (unpaired) electrons. The van der Waals surface area contributed by atoms with E-state index in [9.17, 15) is 13.6 Å². The third-order valence-electron chi connectivity index (χ3n) is 5.59. The van der Waals surface area contributed by atoms with E-state index in [1.165, 1.54) is 19.2 Å². The largest absolute Gasteiger partial charge is 0.494 e. The number of halogens is 2. The van der Waals surface area contributed by atoms with Crippen LogP contribution in [0, 0.1) is 5.82 Å². The summed E-state index contributed by atoms with van der Waals surface area (Å²) in [4.78, 5) is 14.5. The molecule has 4 rings (SSSR count). The predicted octanol–water partition coefficient (Wildman–Crippen LogP) is 4.24. The minimum Gasteiger partial charge on any atom is -0.494 e. The van der Waals surface area contributed by atoms with Crippen LogP contribution in [0.1, 0.15) is 30.4 Å². The fraction of sp³-hybridized carbons (Fsp3) is 0.409. The Balaban J connectivity index is 1.65. The van der Waals surface area contributed by atoms with E-state index in [0.29, 0.717) is 36.6 Å². The molecule has 1 amide bonds. The van der Waals surface area contributed by atoms with Crippen molar-refractivity contribution >= 4 is 17.3 Å². The fourth-order valence-electron chi connectivity index (χ4n) is 3.81. The Bertz CT molecular complexity index is 927. The molecule has 1 saturated carbocycles. The number of carbonyl (C=O) groups is 1. The summed E-state index contributed by atoms with van der Waals surface area (Å²) in [5, 5.41) is 2.79. The van der Waals surface area contributed by atoms with Crippen LogP contribution in [0.25, 0.3) is 0 Å². The molecule has 5 nitrogen and oxygen atoms in total. The number of nitrogens with zero attached hydrogens (tertiary/aromatic N) is 1. The molecule has 2 aromatic carbocycles. The smallest absolute Gasteiger partial charge is 0.227 e. The highest BCUT2D eigenvalue weighted by Crippen LogP contribution is 2.45. The van der Waals surface area contributed by atoms with Gasteiger partial charge in [-0.05, 0) is 55.2 Å². The minimum absolute atomic E-state index is 0.169. The summed E-state index contributed by atoms with van der Waals surface area (Å²) in [5.41, 5.74) is 1.95. The lowest BCUT2D eigenvalue weighted by atomic mass is 9.96. The second kappa shape index (κ2) is 7.54. The Hall–Kier alpha value is -2.83. The molecule has 0 saturated heterocycles. The molecule has 1 heterocycles. The molecule has 0 spiro atoms. The maximum atomic E-state index is 14.0. The number of hydrogen-bond donors (Lipinski definition) is 1. The van der Waals surface area contributed by atoms with Crippen LogP contribution in [-0.4, -0.2) is 32.3 Å². The van der Waals surface area contributed by atoms with E-state index in [1.807, 2.05) is 6.07 Å². The normalized spacial score (nSPS) is 16.8. The molecule has 1 fully saturated rings. The van der Waals surface area contributed by atoms with Gasteiger partial charge in [0.1, 0.15) is 22.9 Å². The molecule has 2 aliphatic rings. The number of hydrogen-bond acceptors (Lipinski definition) is 4. The zero-order valence-electron chi connectivity index (χ0n) is 16.6. The highest BCUT2D eigenvalue weighted by atomic mass is 19.1. The van der Waals surface area contributed by atoms with E-state index in [4.69, 9.17) is 9.47 Å². The number of carbonyl (C=O) groups excluding carboxylic acids is 1. The minimum atomic E-state index is -1.38. The summed E-state index contributed by atoms with van der Waals surface area (Å²) in [5.74, 6) is 0.337. The molecule has 0 unspecified atom stereocenters. The van der Waals surface area contributed by atoms with Crippen molar-refractivity contribution in [1.29, 1.82) is 0 Å². The monoisotopic (exact) mass is 402 g/mol. The van der Waals surface area contributed by atoms with Gasteiger partial charge in [-0.1, -0.05) is 0 Å². The topological polar surface area (TPSA) is 50.8 Å². The van der Waals surface area contributed by atoms with Gasteiger partial charge in [-0.3, -0.25) is 4.79 Å². The van der Waals surface area contributed by atoms with Crippen molar-refractivity contribution in [2.45, 2.75) is 37.9 Å². The molecule has 1 aliphatic heterocycles. The van der Waals surface area contributed by atoms with Gasteiger partial charge in [-0.25, -0.2) is 8.78 Å². The van der Waals surface area contributed by atoms with Crippen LogP contribution < -0.4 is 19.7 Å². The van der Waals surface area contributed by atoms with Crippen LogP contribution in [0.4, 0.5) is 20.2 Å². The van der Waals surface area contributed by atoms with Gasteiger partial charge < -0.3 is 19.7 Å². The van der Waals surface area contributed by atoms with E-state index in [0.717, 1.165) is 29.8 Å². The van der Waals surface area contributed by atoms with Gasteiger partial charge in [0.2, 0.25) is 5.91 Å². The van der Waals surface area contributed by atoms with Crippen molar-refractivity contribution < 1.29 is 23.0 Å². The summed E-state index contributed by atoms with van der Waals surface area (Å²) in [6, 6.07) is 8.27. The van der Waals surface area contributed by atoms with Crippen molar-refractivity contribution in [3.8, 4) is 11.5 Å². The molecule has 0 atom stereocenters. The summed E-state index contributed by atoms with van der Waals surface area (Å²) >= 11 is 0. The molecular formula is C22H24F2N2O3. The number of ether oxygens (including phenoxy) is 2. The number of fused-ring (bicyclic) bond motifs is 1. The van der Waals surface area contributed by atoms with Crippen LogP contribution >= 0.6 is 0 Å². The van der Waals surface area contributed by atoms with Gasteiger partial charge in [0.05, 0.1) is 20.6 Å². The molecule has 29 heavy (non-hydrogen) atoms. The zero-order valence-corrected chi connectivity index (χ0v) is 16.6. The van der Waals surface area contributed by atoms with E-state index in [2.05, 4.69) is 10.2 Å². The maximum Gasteiger partial charge on any atom is 0.227 e. The summed E-state index contributed by atoms with van der Waals surface area (Å²) in [6.45, 7) is 1.31. The van der Waals surface area contributed by atoms with Crippen molar-refractivity contribution in [2.75, 3.05) is 31.0 Å². The molecule has 1 aliphatic carbocycles. The van der Waals surface area contributed by atoms with Crippen molar-refractivity contribution in [3.05, 3.63) is 47.3 Å². The molecular weight excluding hydrogens is 378 g/mol. The summed E-state index contributed by atoms with van der Waals surface area (Å²) < 4.78 is 38.4. The molecule has 2 aromatic rings. The standard InChI is InChI=1S/C22H24F2N2O3/c1-28-18-11-14-7-10-26(16-5-3-15(23)4-6-16)13-17(14)21(29-2)20(18)25-19(27)12-22(24)8-9-22/h3-6,11H,7-10,12-13H2,1-2H3,(H,25,27). The van der Waals surface area contributed by atoms with Gasteiger partial charge in [0, 0.05) is 24.3 Å². The fourth-order valence-corrected chi connectivity index (χ4v) is 3.81. The quantitative estimate of drug-likeness (QED) is 0.786. The third kappa shape index (κ3) is 3.99. The van der Waals surface area contributed by atoms with E-state index >= 15 is 0 Å². The van der Waals surface area contributed by atoms with Gasteiger partial charge in [0.15, 0.2) is 5.75 Å². The number of methoxy groups -OCH3 is 2. The van der Waals surface area contributed by atoms with E-state index in [-0.39, 0.29) is 12.2 Å². The van der Waals surface area contributed by atoms with Gasteiger partial charge >= 0.3 is 0 Å². The Morgan fingerprint density at radius 1 is 1.21 bits per heavy atom. The Morgan fingerprint density at radius 2 is 1.93 bits per heavy atom. The van der Waals surface area contributed by atoms with Crippen molar-refractivity contribution in [3.63, 3.8) is 0 Å². The van der Waals surface area contributed by atoms with E-state index in [1.54, 1.807) is 19.2 Å². The Labute approximate surface area is 168 Å². The molecule has 154 valence electrons. The van der Waals surface area contributed by atoms with Gasteiger partial charge in [-0.2, -0.15) is 0 Å². The lowest BCUT2D eigenvalue weighted by Gasteiger charge is -2.33. The first-order valence-corrected chi connectivity index (χ1v) is 9.68. The Kier molecular flexibility index (Phi) is 5.06. The van der Waals surface area contributed by atoms with Crippen LogP contribution in [0.2, 0.25) is 0 Å². The molecule has 0 bridgehead atoms. The first-order valence-electron chi connectivity index (χ1n) is 9.68. The van der Waals surface area contributed by atoms with Crippen LogP contribution in [0.3, 0.4) is 0 Å². The van der Waals surface area contributed by atoms with Crippen LogP contribution in [-0.2, 0) is 17.8 Å². The number of anilines is 2. The number of rotatable bonds is 6. The predicted molar refractivity (Wildman–Crippen MR) is 107 cm³/mol. The number of benzene rings is 2. The third-order valence-corrected chi connectivity index (χ3v) is 5.59. The second-order valence-corrected chi connectivity index (χ2v) is 7.65. The zero-order chi connectivity index (χ0) is 20.6. The molecule has 1 N–H and O–H groups in total. The Morgan fingerprint density at radius 3 is 2.55 bits per heavy atom. The SMILES string of the molecule is COc1cc2c(c(OC)c1NC(=O)CC1(F)CC1)CN(c1ccc(F)cc1)CC2. The number of alkyl halides is 1. The summed E-state index contributed by atoms with van der Waals surface area (Å²) in [6.07, 6.45) is 1.43. The molecule has 7 heteroatoms.